The van der Waals surface area contributed by atoms with Gasteiger partial charge in [-0.05, 0) is 31.0 Å². The van der Waals surface area contributed by atoms with Crippen LogP contribution in [-0.4, -0.2) is 72.1 Å². The summed E-state index contributed by atoms with van der Waals surface area (Å²) in [6.45, 7) is 3.02. The molecule has 2 aliphatic heterocycles. The average molecular weight is 415 g/mol. The summed E-state index contributed by atoms with van der Waals surface area (Å²) in [4.78, 5) is 42.1. The summed E-state index contributed by atoms with van der Waals surface area (Å²) in [5.74, 6) is 0.254. The molecule has 1 aromatic carbocycles. The Labute approximate surface area is 176 Å². The molecule has 8 nitrogen and oxygen atoms in total. The minimum Gasteiger partial charge on any atom is -0.497 e. The molecule has 0 radical (unpaired) electrons. The summed E-state index contributed by atoms with van der Waals surface area (Å²) in [5.41, 5.74) is -0.425. The molecule has 1 N–H and O–H groups in total. The van der Waals surface area contributed by atoms with Crippen LogP contribution in [-0.2, 0) is 14.3 Å². The van der Waals surface area contributed by atoms with Gasteiger partial charge in [-0.2, -0.15) is 0 Å². The molecule has 1 spiro atoms. The van der Waals surface area contributed by atoms with E-state index in [0.29, 0.717) is 43.7 Å². The average Bonchev–Trinajstić information content (AvgIpc) is 3.52. The fourth-order valence-electron chi connectivity index (χ4n) is 4.32. The highest BCUT2D eigenvalue weighted by atomic mass is 16.5. The first kappa shape index (κ1) is 20.7. The van der Waals surface area contributed by atoms with E-state index < -0.39 is 11.8 Å². The minimum atomic E-state index is -0.879. The second kappa shape index (κ2) is 8.26. The first-order valence-corrected chi connectivity index (χ1v) is 10.7. The Balaban J connectivity index is 1.61. The highest BCUT2D eigenvalue weighted by Crippen LogP contribution is 2.39. The Bertz CT molecular complexity index is 830. The molecule has 1 atom stereocenters. The predicted molar refractivity (Wildman–Crippen MR) is 109 cm³/mol. The van der Waals surface area contributed by atoms with Gasteiger partial charge in [0.1, 0.15) is 17.5 Å². The smallest absolute Gasteiger partial charge is 0.257 e. The van der Waals surface area contributed by atoms with E-state index in [-0.39, 0.29) is 30.4 Å². The largest absolute Gasteiger partial charge is 0.497 e. The lowest BCUT2D eigenvalue weighted by Crippen LogP contribution is -2.60. The first-order valence-electron chi connectivity index (χ1n) is 10.7. The lowest BCUT2D eigenvalue weighted by Gasteiger charge is -2.44. The van der Waals surface area contributed by atoms with E-state index in [1.54, 1.807) is 41.2 Å². The zero-order valence-corrected chi connectivity index (χ0v) is 17.6. The van der Waals surface area contributed by atoms with Crippen LogP contribution >= 0.6 is 0 Å². The number of nitrogens with one attached hydrogen (secondary N) is 1. The molecule has 3 aliphatic rings. The third-order valence-corrected chi connectivity index (χ3v) is 6.22. The van der Waals surface area contributed by atoms with E-state index in [4.69, 9.17) is 9.47 Å². The van der Waals surface area contributed by atoms with Crippen LogP contribution in [0.4, 0.5) is 0 Å². The van der Waals surface area contributed by atoms with Crippen molar-refractivity contribution in [3.05, 3.63) is 29.8 Å². The highest BCUT2D eigenvalue weighted by molar-refractivity contribution is 5.99. The summed E-state index contributed by atoms with van der Waals surface area (Å²) in [7, 11) is 1.55. The molecular formula is C22H29N3O5. The normalized spacial score (nSPS) is 22.8. The van der Waals surface area contributed by atoms with Crippen LogP contribution in [0.5, 0.6) is 5.75 Å². The van der Waals surface area contributed by atoms with Gasteiger partial charge in [0.15, 0.2) is 0 Å². The van der Waals surface area contributed by atoms with E-state index >= 15 is 0 Å². The molecule has 30 heavy (non-hydrogen) atoms. The fraction of sp³-hybridized carbons (Fsp3) is 0.591. The quantitative estimate of drug-likeness (QED) is 0.788. The number of carbonyl (C=O) groups is 3. The van der Waals surface area contributed by atoms with Crippen molar-refractivity contribution in [2.75, 3.05) is 26.8 Å². The van der Waals surface area contributed by atoms with Gasteiger partial charge in [-0.3, -0.25) is 19.3 Å². The molecule has 1 aromatic rings. The number of hydrogen-bond acceptors (Lipinski definition) is 5. The molecular weight excluding hydrogens is 386 g/mol. The molecule has 4 rings (SSSR count). The second-order valence-corrected chi connectivity index (χ2v) is 8.20. The number of carbonyl (C=O) groups excluding carboxylic acids is 3. The number of likely N-dealkylation sites (tertiary alicyclic amines) is 1. The Morgan fingerprint density at radius 1 is 1.23 bits per heavy atom. The number of amides is 3. The molecule has 0 bridgehead atoms. The van der Waals surface area contributed by atoms with Crippen LogP contribution in [0.25, 0.3) is 0 Å². The maximum absolute atomic E-state index is 13.6. The van der Waals surface area contributed by atoms with Gasteiger partial charge < -0.3 is 19.7 Å². The van der Waals surface area contributed by atoms with Crippen molar-refractivity contribution in [2.45, 2.75) is 56.8 Å². The van der Waals surface area contributed by atoms with Crippen LogP contribution in [0, 0.1) is 0 Å². The summed E-state index contributed by atoms with van der Waals surface area (Å²) in [6, 6.07) is 6.46. The summed E-state index contributed by atoms with van der Waals surface area (Å²) < 4.78 is 11.4. The molecule has 3 fully saturated rings. The molecule has 8 heteroatoms. The standard InChI is InChI=1S/C22H29N3O5/c1-3-19(26)24-11-9-22(10-12-24)25(18(14-30-22)20(27)23-16-7-8-16)21(28)15-5-4-6-17(13-15)29-2/h4-6,13,16,18H,3,7-12,14H2,1-2H3,(H,23,27). The van der Waals surface area contributed by atoms with Crippen molar-refractivity contribution in [3.63, 3.8) is 0 Å². The molecule has 1 aliphatic carbocycles. The third-order valence-electron chi connectivity index (χ3n) is 6.22. The monoisotopic (exact) mass is 415 g/mol. The van der Waals surface area contributed by atoms with Crippen LogP contribution in [0.1, 0.15) is 49.4 Å². The summed E-state index contributed by atoms with van der Waals surface area (Å²) >= 11 is 0. The molecule has 2 saturated heterocycles. The number of ether oxygens (including phenoxy) is 2. The number of rotatable bonds is 5. The van der Waals surface area contributed by atoms with E-state index in [0.717, 1.165) is 12.8 Å². The Morgan fingerprint density at radius 2 is 1.97 bits per heavy atom. The van der Waals surface area contributed by atoms with Crippen LogP contribution in [0.2, 0.25) is 0 Å². The van der Waals surface area contributed by atoms with Gasteiger partial charge in [-0.15, -0.1) is 0 Å². The summed E-state index contributed by atoms with van der Waals surface area (Å²) in [6.07, 6.45) is 3.38. The number of piperidine rings is 1. The zero-order valence-electron chi connectivity index (χ0n) is 17.6. The fourth-order valence-corrected chi connectivity index (χ4v) is 4.32. The van der Waals surface area contributed by atoms with Crippen molar-refractivity contribution in [1.82, 2.24) is 15.1 Å². The van der Waals surface area contributed by atoms with Gasteiger partial charge in [-0.1, -0.05) is 13.0 Å². The molecule has 1 saturated carbocycles. The Morgan fingerprint density at radius 3 is 2.60 bits per heavy atom. The number of hydrogen-bond donors (Lipinski definition) is 1. The SMILES string of the molecule is CCC(=O)N1CCC2(CC1)OCC(C(=O)NC1CC1)N2C(=O)c1cccc(OC)c1. The van der Waals surface area contributed by atoms with E-state index in [1.165, 1.54) is 0 Å². The van der Waals surface area contributed by atoms with Gasteiger partial charge >= 0.3 is 0 Å². The van der Waals surface area contributed by atoms with Gasteiger partial charge in [0.25, 0.3) is 5.91 Å². The van der Waals surface area contributed by atoms with Crippen molar-refractivity contribution >= 4 is 17.7 Å². The Hall–Kier alpha value is -2.61. The topological polar surface area (TPSA) is 88.2 Å². The molecule has 0 aromatic heterocycles. The molecule has 1 unspecified atom stereocenters. The van der Waals surface area contributed by atoms with E-state index in [1.807, 2.05) is 6.92 Å². The second-order valence-electron chi connectivity index (χ2n) is 8.20. The van der Waals surface area contributed by atoms with Gasteiger partial charge in [0.05, 0.1) is 13.7 Å². The third kappa shape index (κ3) is 3.88. The predicted octanol–water partition coefficient (Wildman–Crippen LogP) is 1.54. The number of benzene rings is 1. The maximum Gasteiger partial charge on any atom is 0.257 e. The molecule has 3 amide bonds. The lowest BCUT2D eigenvalue weighted by molar-refractivity contribution is -0.143. The van der Waals surface area contributed by atoms with Crippen molar-refractivity contribution < 1.29 is 23.9 Å². The zero-order chi connectivity index (χ0) is 21.3. The van der Waals surface area contributed by atoms with Crippen molar-refractivity contribution in [3.8, 4) is 5.75 Å². The summed E-state index contributed by atoms with van der Waals surface area (Å²) in [5, 5.41) is 3.01. The van der Waals surface area contributed by atoms with Gasteiger partial charge in [0.2, 0.25) is 11.8 Å². The highest BCUT2D eigenvalue weighted by Gasteiger charge is 2.54. The maximum atomic E-state index is 13.6. The van der Waals surface area contributed by atoms with Gasteiger partial charge in [-0.25, -0.2) is 0 Å². The van der Waals surface area contributed by atoms with Crippen LogP contribution in [0.3, 0.4) is 0 Å². The minimum absolute atomic E-state index is 0.0940. The van der Waals surface area contributed by atoms with E-state index in [2.05, 4.69) is 5.32 Å². The lowest BCUT2D eigenvalue weighted by atomic mass is 9.96. The van der Waals surface area contributed by atoms with E-state index in [9.17, 15) is 14.4 Å². The van der Waals surface area contributed by atoms with Crippen LogP contribution < -0.4 is 10.1 Å². The number of nitrogens with zero attached hydrogens (tertiary/aromatic N) is 2. The van der Waals surface area contributed by atoms with Crippen LogP contribution in [0.15, 0.2) is 24.3 Å². The molecule has 162 valence electrons. The number of methoxy groups -OCH3 is 1. The van der Waals surface area contributed by atoms with Gasteiger partial charge in [0, 0.05) is 44.0 Å². The first-order chi connectivity index (χ1) is 14.5. The van der Waals surface area contributed by atoms with Crippen molar-refractivity contribution in [1.29, 1.82) is 0 Å². The Kier molecular flexibility index (Phi) is 5.69. The molecule has 2 heterocycles. The van der Waals surface area contributed by atoms with Crippen molar-refractivity contribution in [2.24, 2.45) is 0 Å².